The second-order valence-corrected chi connectivity index (χ2v) is 13.7. The van der Waals surface area contributed by atoms with Crippen LogP contribution in [-0.2, 0) is 0 Å². The van der Waals surface area contributed by atoms with E-state index in [-0.39, 0.29) is 13.6 Å². The number of aryl methyl sites for hydroxylation is 2. The topological polar surface area (TPSA) is 161 Å². The van der Waals surface area contributed by atoms with Gasteiger partial charge in [0, 0.05) is 23.5 Å². The van der Waals surface area contributed by atoms with Crippen LogP contribution in [0.25, 0.3) is 28.2 Å². The molecule has 0 aliphatic carbocycles. The summed E-state index contributed by atoms with van der Waals surface area (Å²) in [7, 11) is 0. The molecule has 0 unspecified atom stereocenters. The molecule has 0 radical (unpaired) electrons. The standard InChI is InChI=1S/C20H16N4O2S.C12H14N4S.C8H6O3/c1-12-3-5-14-15(9-12)24(18-7-8-21-20(23-18)27-2)19(22-14)13-4-6-16-17(10-13)26-11-25-16;1-8-3-4-9(13)10(7-8)15-11-5-6-14-12(16-11)17-2;9-4-6-1-2-7-8(3-6)11-5-10-7/h3-10H,11H2,1-2H3;3-7H,13H2,1-2H3,(H,14,15,16);1-4H,5H2. The summed E-state index contributed by atoms with van der Waals surface area (Å²) in [5, 5.41) is 4.66. The summed E-state index contributed by atoms with van der Waals surface area (Å²) in [5.74, 6) is 5.18. The van der Waals surface area contributed by atoms with Gasteiger partial charge < -0.3 is 30.0 Å². The molecular formula is C40H36N8O5S2. The summed E-state index contributed by atoms with van der Waals surface area (Å²) in [6.45, 7) is 4.59. The van der Waals surface area contributed by atoms with Crippen LogP contribution in [0.1, 0.15) is 21.5 Å². The van der Waals surface area contributed by atoms with E-state index in [4.69, 9.17) is 34.6 Å². The Morgan fingerprint density at radius 2 is 1.36 bits per heavy atom. The Morgan fingerprint density at radius 3 is 2.11 bits per heavy atom. The first-order valence-electron chi connectivity index (χ1n) is 16.9. The number of fused-ring (bicyclic) bond motifs is 3. The molecule has 2 aliphatic rings. The van der Waals surface area contributed by atoms with Gasteiger partial charge in [0.05, 0.1) is 22.4 Å². The Morgan fingerprint density at radius 1 is 0.709 bits per heavy atom. The van der Waals surface area contributed by atoms with Crippen LogP contribution in [0.5, 0.6) is 23.0 Å². The highest BCUT2D eigenvalue weighted by molar-refractivity contribution is 7.98. The van der Waals surface area contributed by atoms with Gasteiger partial charge in [0.1, 0.15) is 23.7 Å². The van der Waals surface area contributed by atoms with Crippen molar-refractivity contribution >= 4 is 58.0 Å². The zero-order chi connectivity index (χ0) is 38.3. The normalized spacial score (nSPS) is 12.0. The van der Waals surface area contributed by atoms with E-state index in [1.165, 1.54) is 29.1 Å². The number of nitrogens with zero attached hydrogens (tertiary/aromatic N) is 6. The maximum absolute atomic E-state index is 10.3. The molecule has 3 N–H and O–H groups in total. The number of rotatable bonds is 7. The van der Waals surface area contributed by atoms with Gasteiger partial charge in [-0.25, -0.2) is 24.9 Å². The number of hydrogen-bond donors (Lipinski definition) is 2. The van der Waals surface area contributed by atoms with E-state index in [1.54, 1.807) is 30.6 Å². The number of carbonyl (C=O) groups is 1. The molecule has 0 bridgehead atoms. The van der Waals surface area contributed by atoms with E-state index >= 15 is 0 Å². The maximum atomic E-state index is 10.3. The molecule has 4 aromatic carbocycles. The maximum Gasteiger partial charge on any atom is 0.231 e. The quantitative estimate of drug-likeness (QED) is 0.0689. The molecule has 0 amide bonds. The second kappa shape index (κ2) is 16.8. The molecule has 55 heavy (non-hydrogen) atoms. The van der Waals surface area contributed by atoms with Gasteiger partial charge in [-0.2, -0.15) is 0 Å². The van der Waals surface area contributed by atoms with Crippen molar-refractivity contribution in [3.63, 3.8) is 0 Å². The van der Waals surface area contributed by atoms with Crippen LogP contribution in [0.3, 0.4) is 0 Å². The minimum absolute atomic E-state index is 0.247. The van der Waals surface area contributed by atoms with Crippen LogP contribution in [-0.4, -0.2) is 61.9 Å². The minimum atomic E-state index is 0.247. The van der Waals surface area contributed by atoms with Crippen LogP contribution in [0.4, 0.5) is 17.2 Å². The van der Waals surface area contributed by atoms with Gasteiger partial charge >= 0.3 is 0 Å². The number of aromatic nitrogens is 6. The fourth-order valence-electron chi connectivity index (χ4n) is 5.61. The number of hydrogen-bond acceptors (Lipinski definition) is 14. The summed E-state index contributed by atoms with van der Waals surface area (Å²) >= 11 is 3.02. The first-order chi connectivity index (χ1) is 26.8. The van der Waals surface area contributed by atoms with Crippen LogP contribution in [0.2, 0.25) is 0 Å². The molecule has 5 heterocycles. The van der Waals surface area contributed by atoms with Gasteiger partial charge in [0.2, 0.25) is 13.6 Å². The third kappa shape index (κ3) is 8.58. The van der Waals surface area contributed by atoms with E-state index in [1.807, 2.05) is 74.0 Å². The number of carbonyl (C=O) groups excluding carboxylic acids is 1. The average Bonchev–Trinajstić information content (AvgIpc) is 3.98. The molecule has 9 rings (SSSR count). The number of anilines is 3. The number of nitrogens with two attached hydrogens (primary N) is 1. The molecule has 278 valence electrons. The Kier molecular flexibility index (Phi) is 11.3. The highest BCUT2D eigenvalue weighted by Crippen LogP contribution is 2.37. The summed E-state index contributed by atoms with van der Waals surface area (Å²) < 4.78 is 23.2. The van der Waals surface area contributed by atoms with E-state index in [9.17, 15) is 4.79 Å². The summed E-state index contributed by atoms with van der Waals surface area (Å²) in [5.41, 5.74) is 13.3. The molecule has 13 nitrogen and oxygen atoms in total. The molecular weight excluding hydrogens is 737 g/mol. The van der Waals surface area contributed by atoms with Crippen LogP contribution >= 0.6 is 23.5 Å². The molecule has 7 aromatic rings. The Balaban J connectivity index is 0.000000141. The molecule has 0 fully saturated rings. The number of ether oxygens (including phenoxy) is 4. The summed E-state index contributed by atoms with van der Waals surface area (Å²) in [6.07, 6.45) is 8.20. The zero-order valence-corrected chi connectivity index (χ0v) is 32.0. The van der Waals surface area contributed by atoms with Crippen LogP contribution < -0.4 is 30.0 Å². The van der Waals surface area contributed by atoms with E-state index in [2.05, 4.69) is 43.9 Å². The highest BCUT2D eigenvalue weighted by atomic mass is 32.2. The van der Waals surface area contributed by atoms with Gasteiger partial charge in [0.15, 0.2) is 33.3 Å². The first-order valence-corrected chi connectivity index (χ1v) is 19.4. The van der Waals surface area contributed by atoms with Crippen LogP contribution in [0.15, 0.2) is 108 Å². The predicted octanol–water partition coefficient (Wildman–Crippen LogP) is 8.30. The summed E-state index contributed by atoms with van der Waals surface area (Å²) in [6, 6.07) is 26.8. The molecule has 0 saturated heterocycles. The number of nitrogens with one attached hydrogen (secondary N) is 1. The molecule has 0 saturated carbocycles. The van der Waals surface area contributed by atoms with Gasteiger partial charge in [-0.1, -0.05) is 35.7 Å². The fraction of sp³-hybridized carbons (Fsp3) is 0.150. The Bertz CT molecular complexity index is 2500. The van der Waals surface area contributed by atoms with Crippen molar-refractivity contribution in [2.75, 3.05) is 37.1 Å². The van der Waals surface area contributed by atoms with Crippen LogP contribution in [0, 0.1) is 13.8 Å². The number of benzene rings is 4. The van der Waals surface area contributed by atoms with Gasteiger partial charge in [0.25, 0.3) is 0 Å². The van der Waals surface area contributed by atoms with Crippen molar-refractivity contribution < 1.29 is 23.7 Å². The molecule has 3 aromatic heterocycles. The van der Waals surface area contributed by atoms with Gasteiger partial charge in [-0.05, 0) is 110 Å². The number of aldehydes is 1. The van der Waals surface area contributed by atoms with Crippen molar-refractivity contribution in [3.05, 3.63) is 114 Å². The smallest absolute Gasteiger partial charge is 0.231 e. The lowest BCUT2D eigenvalue weighted by Gasteiger charge is -2.10. The first kappa shape index (κ1) is 37.0. The lowest BCUT2D eigenvalue weighted by molar-refractivity contribution is 0.112. The van der Waals surface area contributed by atoms with Crippen molar-refractivity contribution in [2.45, 2.75) is 24.2 Å². The molecule has 0 atom stereocenters. The third-order valence-electron chi connectivity index (χ3n) is 8.29. The lowest BCUT2D eigenvalue weighted by atomic mass is 10.2. The monoisotopic (exact) mass is 772 g/mol. The van der Waals surface area contributed by atoms with Crippen molar-refractivity contribution in [1.29, 1.82) is 0 Å². The van der Waals surface area contributed by atoms with Crippen molar-refractivity contribution in [3.8, 4) is 40.2 Å². The Hall–Kier alpha value is -6.32. The second-order valence-electron chi connectivity index (χ2n) is 12.1. The predicted molar refractivity (Wildman–Crippen MR) is 215 cm³/mol. The number of thioether (sulfide) groups is 2. The van der Waals surface area contributed by atoms with Gasteiger partial charge in [-0.15, -0.1) is 0 Å². The Labute approximate surface area is 325 Å². The fourth-order valence-corrected chi connectivity index (χ4v) is 6.32. The molecule has 0 spiro atoms. The third-order valence-corrected chi connectivity index (χ3v) is 9.42. The largest absolute Gasteiger partial charge is 0.454 e. The number of nitrogen functional groups attached to an aromatic ring is 1. The van der Waals surface area contributed by atoms with Crippen molar-refractivity contribution in [2.24, 2.45) is 0 Å². The van der Waals surface area contributed by atoms with E-state index in [0.29, 0.717) is 22.7 Å². The molecule has 2 aliphatic heterocycles. The SMILES string of the molecule is CSc1nccc(-n2c(-c3ccc4c(c3)OCO4)nc3ccc(C)cc32)n1.CSc1nccc(Nc2cc(C)ccc2N)n1.O=Cc1ccc2c(c1)OCO2. The van der Waals surface area contributed by atoms with E-state index < -0.39 is 0 Å². The minimum Gasteiger partial charge on any atom is -0.454 e. The van der Waals surface area contributed by atoms with Gasteiger partial charge in [-0.3, -0.25) is 9.36 Å². The highest BCUT2D eigenvalue weighted by Gasteiger charge is 2.20. The zero-order valence-electron chi connectivity index (χ0n) is 30.3. The molecule has 15 heteroatoms. The van der Waals surface area contributed by atoms with Crippen molar-refractivity contribution in [1.82, 2.24) is 29.5 Å². The number of imidazole rings is 1. The summed E-state index contributed by atoms with van der Waals surface area (Å²) in [4.78, 5) is 32.6. The van der Waals surface area contributed by atoms with E-state index in [0.717, 1.165) is 73.4 Å². The lowest BCUT2D eigenvalue weighted by Crippen LogP contribution is -2.02. The average molecular weight is 773 g/mol.